The highest BCUT2D eigenvalue weighted by Gasteiger charge is 1.93. The van der Waals surface area contributed by atoms with Crippen LogP contribution >= 0.6 is 0 Å². The lowest BCUT2D eigenvalue weighted by atomic mass is 10.1. The highest BCUT2D eigenvalue weighted by atomic mass is 16.3. The number of allylic oxidation sites excluding steroid dienone is 1. The van der Waals surface area contributed by atoms with E-state index in [9.17, 15) is 5.11 Å². The van der Waals surface area contributed by atoms with E-state index >= 15 is 0 Å². The van der Waals surface area contributed by atoms with Gasteiger partial charge in [-0.25, -0.2) is 0 Å². The van der Waals surface area contributed by atoms with Gasteiger partial charge in [-0.3, -0.25) is 5.11 Å². The lowest BCUT2D eigenvalue weighted by Gasteiger charge is -1.96. The Morgan fingerprint density at radius 2 is 2.27 bits per heavy atom. The fraction of sp³-hybridized carbons (Fsp3) is 0.200. The zero-order chi connectivity index (χ0) is 8.10. The summed E-state index contributed by atoms with van der Waals surface area (Å²) in [4.78, 5) is 0. The Kier molecular flexibility index (Phi) is 2.73. The summed E-state index contributed by atoms with van der Waals surface area (Å²) in [5.74, 6) is 0.0894. The van der Waals surface area contributed by atoms with Crippen molar-refractivity contribution < 1.29 is 5.11 Å². The SMILES string of the molecule is C=CCCc1cccc([O])c1. The van der Waals surface area contributed by atoms with Crippen molar-refractivity contribution in [2.24, 2.45) is 0 Å². The van der Waals surface area contributed by atoms with Crippen LogP contribution in [0.25, 0.3) is 0 Å². The van der Waals surface area contributed by atoms with Gasteiger partial charge in [-0.1, -0.05) is 18.2 Å². The summed E-state index contributed by atoms with van der Waals surface area (Å²) in [5, 5.41) is 10.8. The first-order valence-corrected chi connectivity index (χ1v) is 3.70. The minimum absolute atomic E-state index is 0.0894. The number of hydrogen-bond donors (Lipinski definition) is 0. The molecule has 0 aliphatic rings. The van der Waals surface area contributed by atoms with Gasteiger partial charge in [0.2, 0.25) is 0 Å². The van der Waals surface area contributed by atoms with E-state index in [-0.39, 0.29) is 5.75 Å². The van der Waals surface area contributed by atoms with Crippen LogP contribution in [0.3, 0.4) is 0 Å². The number of hydrogen-bond acceptors (Lipinski definition) is 0. The number of rotatable bonds is 3. The van der Waals surface area contributed by atoms with Crippen LogP contribution in [0.5, 0.6) is 5.75 Å². The molecular weight excluding hydrogens is 136 g/mol. The van der Waals surface area contributed by atoms with Gasteiger partial charge in [0.15, 0.2) is 5.75 Å². The van der Waals surface area contributed by atoms with Gasteiger partial charge in [0.1, 0.15) is 0 Å². The van der Waals surface area contributed by atoms with Crippen LogP contribution in [0.4, 0.5) is 0 Å². The Morgan fingerprint density at radius 3 is 2.91 bits per heavy atom. The van der Waals surface area contributed by atoms with Gasteiger partial charge in [0.05, 0.1) is 0 Å². The first-order chi connectivity index (χ1) is 5.33. The normalized spacial score (nSPS) is 9.45. The molecular formula is C10H11O. The summed E-state index contributed by atoms with van der Waals surface area (Å²) in [6.07, 6.45) is 3.71. The second-order valence-electron chi connectivity index (χ2n) is 2.47. The minimum Gasteiger partial charge on any atom is -0.290 e. The predicted molar refractivity (Wildman–Crippen MR) is 45.1 cm³/mol. The summed E-state index contributed by atoms with van der Waals surface area (Å²) in [6, 6.07) is 6.99. The van der Waals surface area contributed by atoms with Gasteiger partial charge >= 0.3 is 0 Å². The van der Waals surface area contributed by atoms with Gasteiger partial charge in [-0.05, 0) is 30.5 Å². The van der Waals surface area contributed by atoms with Crippen molar-refractivity contribution in [3.05, 3.63) is 42.5 Å². The molecule has 0 atom stereocenters. The quantitative estimate of drug-likeness (QED) is 0.586. The van der Waals surface area contributed by atoms with E-state index in [1.807, 2.05) is 12.1 Å². The van der Waals surface area contributed by atoms with Gasteiger partial charge in [-0.2, -0.15) is 0 Å². The average molecular weight is 147 g/mol. The van der Waals surface area contributed by atoms with Gasteiger partial charge < -0.3 is 0 Å². The molecule has 1 aromatic rings. The van der Waals surface area contributed by atoms with Crippen LogP contribution in [0.15, 0.2) is 36.9 Å². The maximum Gasteiger partial charge on any atom is 0.178 e. The van der Waals surface area contributed by atoms with Crippen molar-refractivity contribution >= 4 is 0 Å². The van der Waals surface area contributed by atoms with Crippen molar-refractivity contribution in [3.8, 4) is 5.75 Å². The standard InChI is InChI=1S/C10H11O/c1-2-3-5-9-6-4-7-10(11)8-9/h2,4,6-8H,1,3,5H2. The van der Waals surface area contributed by atoms with E-state index < -0.39 is 0 Å². The molecule has 0 fully saturated rings. The maximum absolute atomic E-state index is 10.8. The van der Waals surface area contributed by atoms with Crippen molar-refractivity contribution in [2.75, 3.05) is 0 Å². The molecule has 0 saturated carbocycles. The second-order valence-corrected chi connectivity index (χ2v) is 2.47. The summed E-state index contributed by atoms with van der Waals surface area (Å²) in [5.41, 5.74) is 1.09. The second kappa shape index (κ2) is 3.81. The number of benzene rings is 1. The summed E-state index contributed by atoms with van der Waals surface area (Å²) < 4.78 is 0. The molecule has 0 bridgehead atoms. The fourth-order valence-electron chi connectivity index (χ4n) is 0.970. The predicted octanol–water partition coefficient (Wildman–Crippen LogP) is 2.95. The van der Waals surface area contributed by atoms with Gasteiger partial charge in [0, 0.05) is 0 Å². The molecule has 1 rings (SSSR count). The highest BCUT2D eigenvalue weighted by molar-refractivity contribution is 5.27. The van der Waals surface area contributed by atoms with E-state index in [0.717, 1.165) is 18.4 Å². The molecule has 0 aliphatic heterocycles. The molecule has 0 aliphatic carbocycles. The molecule has 0 amide bonds. The monoisotopic (exact) mass is 147 g/mol. The largest absolute Gasteiger partial charge is 0.290 e. The molecule has 1 aromatic carbocycles. The molecule has 11 heavy (non-hydrogen) atoms. The van der Waals surface area contributed by atoms with Crippen molar-refractivity contribution in [1.82, 2.24) is 0 Å². The third-order valence-electron chi connectivity index (χ3n) is 1.54. The van der Waals surface area contributed by atoms with Crippen LogP contribution in [0, 0.1) is 0 Å². The first kappa shape index (κ1) is 7.86. The summed E-state index contributed by atoms with van der Waals surface area (Å²) in [7, 11) is 0. The number of aryl methyl sites for hydroxylation is 1. The van der Waals surface area contributed by atoms with Crippen molar-refractivity contribution in [2.45, 2.75) is 12.8 Å². The van der Waals surface area contributed by atoms with Gasteiger partial charge in [-0.15, -0.1) is 6.58 Å². The highest BCUT2D eigenvalue weighted by Crippen LogP contribution is 2.12. The summed E-state index contributed by atoms with van der Waals surface area (Å²) in [6.45, 7) is 3.62. The fourth-order valence-corrected chi connectivity index (χ4v) is 0.970. The van der Waals surface area contributed by atoms with Crippen LogP contribution in [0.1, 0.15) is 12.0 Å². The Bertz CT molecular complexity index is 240. The zero-order valence-electron chi connectivity index (χ0n) is 6.42. The summed E-state index contributed by atoms with van der Waals surface area (Å²) >= 11 is 0. The van der Waals surface area contributed by atoms with Gasteiger partial charge in [0.25, 0.3) is 0 Å². The lowest BCUT2D eigenvalue weighted by Crippen LogP contribution is -1.80. The molecule has 1 radical (unpaired) electrons. The molecule has 57 valence electrons. The lowest BCUT2D eigenvalue weighted by molar-refractivity contribution is 0.354. The zero-order valence-corrected chi connectivity index (χ0v) is 6.42. The van der Waals surface area contributed by atoms with Crippen LogP contribution in [0.2, 0.25) is 0 Å². The smallest absolute Gasteiger partial charge is 0.178 e. The average Bonchev–Trinajstić information content (AvgIpc) is 2.01. The van der Waals surface area contributed by atoms with Crippen LogP contribution in [-0.4, -0.2) is 0 Å². The molecule has 0 aromatic heterocycles. The maximum atomic E-state index is 10.8. The Morgan fingerprint density at radius 1 is 1.45 bits per heavy atom. The van der Waals surface area contributed by atoms with Crippen molar-refractivity contribution in [1.29, 1.82) is 0 Å². The Labute approximate surface area is 67.0 Å². The molecule has 1 heteroatoms. The van der Waals surface area contributed by atoms with E-state index in [0.29, 0.717) is 0 Å². The molecule has 0 spiro atoms. The third kappa shape index (κ3) is 2.46. The third-order valence-corrected chi connectivity index (χ3v) is 1.54. The van der Waals surface area contributed by atoms with E-state index in [4.69, 9.17) is 0 Å². The molecule has 0 N–H and O–H groups in total. The van der Waals surface area contributed by atoms with E-state index in [1.165, 1.54) is 0 Å². The topological polar surface area (TPSA) is 19.9 Å². The van der Waals surface area contributed by atoms with Crippen LogP contribution < -0.4 is 0 Å². The first-order valence-electron chi connectivity index (χ1n) is 3.70. The Balaban J connectivity index is 2.63. The minimum atomic E-state index is 0.0894. The molecule has 0 heterocycles. The Hall–Kier alpha value is -1.24. The van der Waals surface area contributed by atoms with E-state index in [1.54, 1.807) is 18.2 Å². The van der Waals surface area contributed by atoms with Crippen LogP contribution in [-0.2, 0) is 11.5 Å². The molecule has 0 unspecified atom stereocenters. The molecule has 0 saturated heterocycles. The molecule has 1 nitrogen and oxygen atoms in total. The van der Waals surface area contributed by atoms with Crippen molar-refractivity contribution in [3.63, 3.8) is 0 Å². The van der Waals surface area contributed by atoms with E-state index in [2.05, 4.69) is 6.58 Å².